The molecule has 0 amide bonds. The summed E-state index contributed by atoms with van der Waals surface area (Å²) in [7, 11) is 0. The van der Waals surface area contributed by atoms with Crippen LogP contribution in [0.2, 0.25) is 0 Å². The number of rotatable bonds is 5. The first-order chi connectivity index (χ1) is 5.93. The molecule has 8 N–H and O–H groups in total. The minimum Gasteiger partial charge on any atom is -0.480 e. The van der Waals surface area contributed by atoms with Crippen LogP contribution in [-0.2, 0) is 4.79 Å². The van der Waals surface area contributed by atoms with Gasteiger partial charge in [0.05, 0.1) is 12.6 Å². The lowest BCUT2D eigenvalue weighted by molar-refractivity contribution is -0.139. The maximum absolute atomic E-state index is 10.3. The molecule has 0 aliphatic heterocycles. The summed E-state index contributed by atoms with van der Waals surface area (Å²) in [5, 5.41) is 17.5. The highest BCUT2D eigenvalue weighted by Crippen LogP contribution is 1.96. The van der Waals surface area contributed by atoms with Gasteiger partial charge < -0.3 is 27.4 Å². The molecule has 0 fully saturated rings. The predicted octanol–water partition coefficient (Wildman–Crippen LogP) is -2.58. The van der Waals surface area contributed by atoms with Gasteiger partial charge in [0.25, 0.3) is 0 Å². The van der Waals surface area contributed by atoms with E-state index in [2.05, 4.69) is 4.99 Å². The van der Waals surface area contributed by atoms with Crippen molar-refractivity contribution in [3.8, 4) is 0 Å². The molecule has 0 aliphatic rings. The summed E-state index contributed by atoms with van der Waals surface area (Å²) < 4.78 is 0. The highest BCUT2D eigenvalue weighted by molar-refractivity contribution is 5.75. The number of nitrogens with zero attached hydrogens (tertiary/aromatic N) is 1. The van der Waals surface area contributed by atoms with E-state index >= 15 is 0 Å². The van der Waals surface area contributed by atoms with Gasteiger partial charge >= 0.3 is 5.97 Å². The molecule has 0 radical (unpaired) electrons. The van der Waals surface area contributed by atoms with Gasteiger partial charge in [0.15, 0.2) is 5.96 Å². The van der Waals surface area contributed by atoms with Crippen LogP contribution in [0.25, 0.3) is 0 Å². The first-order valence-electron chi connectivity index (χ1n) is 3.65. The zero-order chi connectivity index (χ0) is 10.4. The van der Waals surface area contributed by atoms with E-state index in [9.17, 15) is 4.79 Å². The molecule has 13 heavy (non-hydrogen) atoms. The molecule has 7 heteroatoms. The fourth-order valence-corrected chi connectivity index (χ4v) is 0.679. The van der Waals surface area contributed by atoms with Crippen LogP contribution >= 0.6 is 0 Å². The lowest BCUT2D eigenvalue weighted by Crippen LogP contribution is -2.35. The number of hydrogen-bond donors (Lipinski definition) is 5. The number of guanidine groups is 1. The highest BCUT2D eigenvalue weighted by Gasteiger charge is 2.16. The van der Waals surface area contributed by atoms with E-state index < -0.39 is 18.1 Å². The van der Waals surface area contributed by atoms with Crippen molar-refractivity contribution in [2.24, 2.45) is 22.2 Å². The van der Waals surface area contributed by atoms with Crippen LogP contribution in [0, 0.1) is 0 Å². The molecule has 76 valence electrons. The molecule has 7 nitrogen and oxygen atoms in total. The third-order valence-corrected chi connectivity index (χ3v) is 1.33. The first-order valence-corrected chi connectivity index (χ1v) is 3.65. The Kier molecular flexibility index (Phi) is 4.78. The van der Waals surface area contributed by atoms with Crippen LogP contribution in [0.5, 0.6) is 0 Å². The smallest absolute Gasteiger partial charge is 0.320 e. The van der Waals surface area contributed by atoms with Gasteiger partial charge in [0.2, 0.25) is 0 Å². The lowest BCUT2D eigenvalue weighted by atomic mass is 10.1. The average molecular weight is 190 g/mol. The maximum Gasteiger partial charge on any atom is 0.320 e. The summed E-state index contributed by atoms with van der Waals surface area (Å²) in [4.78, 5) is 13.8. The minimum atomic E-state index is -1.16. The van der Waals surface area contributed by atoms with Gasteiger partial charge in [-0.05, 0) is 0 Å². The molecule has 0 aromatic carbocycles. The minimum absolute atomic E-state index is 0.0384. The van der Waals surface area contributed by atoms with Crippen molar-refractivity contribution >= 4 is 11.9 Å². The van der Waals surface area contributed by atoms with E-state index in [0.29, 0.717) is 0 Å². The molecule has 1 unspecified atom stereocenters. The highest BCUT2D eigenvalue weighted by atomic mass is 16.4. The topological polar surface area (TPSA) is 148 Å². The Morgan fingerprint density at radius 3 is 2.38 bits per heavy atom. The molecule has 0 aliphatic carbocycles. The van der Waals surface area contributed by atoms with Crippen LogP contribution in [-0.4, -0.2) is 40.8 Å². The zero-order valence-electron chi connectivity index (χ0n) is 7.05. The summed E-state index contributed by atoms with van der Waals surface area (Å²) in [6.07, 6.45) is -1.01. The second-order valence-electron chi connectivity index (χ2n) is 2.60. The summed E-state index contributed by atoms with van der Waals surface area (Å²) in [5.41, 5.74) is 15.2. The Balaban J connectivity index is 3.80. The number of carboxylic acid groups (broad SMARTS) is 1. The maximum atomic E-state index is 10.3. The molecule has 2 atom stereocenters. The van der Waals surface area contributed by atoms with E-state index in [1.165, 1.54) is 0 Å². The number of hydrogen-bond acceptors (Lipinski definition) is 4. The number of nitrogens with two attached hydrogens (primary N) is 3. The Morgan fingerprint density at radius 2 is 2.00 bits per heavy atom. The Morgan fingerprint density at radius 1 is 1.46 bits per heavy atom. The van der Waals surface area contributed by atoms with Crippen molar-refractivity contribution in [3.05, 3.63) is 0 Å². The second-order valence-corrected chi connectivity index (χ2v) is 2.60. The largest absolute Gasteiger partial charge is 0.480 e. The summed E-state index contributed by atoms with van der Waals surface area (Å²) in [5.74, 6) is -1.31. The number of aliphatic imine (C=N–C) groups is 1. The average Bonchev–Trinajstić information content (AvgIpc) is 2.00. The number of aliphatic hydroxyl groups excluding tert-OH is 1. The summed E-state index contributed by atoms with van der Waals surface area (Å²) in [6.45, 7) is -0.0384. The Hall–Kier alpha value is -1.34. The molecule has 0 aromatic rings. The van der Waals surface area contributed by atoms with E-state index in [1.54, 1.807) is 0 Å². The Labute approximate surface area is 75.2 Å². The molecular formula is C6H14N4O3. The van der Waals surface area contributed by atoms with E-state index in [-0.39, 0.29) is 18.9 Å². The fourth-order valence-electron chi connectivity index (χ4n) is 0.679. The molecule has 0 saturated carbocycles. The standard InChI is InChI=1S/C6H14N4O3/c7-4(5(12)13)1-3(11)2-10-6(8)9/h3-4,11H,1-2,7H2,(H,12,13)(H4,8,9,10)/t3?,4-/m1/s1. The normalized spacial score (nSPS) is 14.6. The van der Waals surface area contributed by atoms with Crippen LogP contribution < -0.4 is 17.2 Å². The first kappa shape index (κ1) is 11.7. The van der Waals surface area contributed by atoms with Gasteiger partial charge in [-0.25, -0.2) is 0 Å². The van der Waals surface area contributed by atoms with E-state index in [4.69, 9.17) is 27.4 Å². The van der Waals surface area contributed by atoms with Crippen LogP contribution in [0.15, 0.2) is 4.99 Å². The molecule has 0 bridgehead atoms. The van der Waals surface area contributed by atoms with Gasteiger partial charge in [-0.2, -0.15) is 0 Å². The molecule has 0 spiro atoms. The van der Waals surface area contributed by atoms with Gasteiger partial charge in [-0.1, -0.05) is 0 Å². The van der Waals surface area contributed by atoms with Crippen molar-refractivity contribution < 1.29 is 15.0 Å². The third-order valence-electron chi connectivity index (χ3n) is 1.33. The summed E-state index contributed by atoms with van der Waals surface area (Å²) >= 11 is 0. The quantitative estimate of drug-likeness (QED) is 0.237. The second kappa shape index (κ2) is 5.33. The van der Waals surface area contributed by atoms with Gasteiger partial charge in [-0.15, -0.1) is 0 Å². The zero-order valence-corrected chi connectivity index (χ0v) is 7.05. The van der Waals surface area contributed by atoms with Crippen molar-refractivity contribution in [1.82, 2.24) is 0 Å². The van der Waals surface area contributed by atoms with E-state index in [1.807, 2.05) is 0 Å². The molecule has 0 aromatic heterocycles. The van der Waals surface area contributed by atoms with Crippen molar-refractivity contribution in [2.45, 2.75) is 18.6 Å². The SMILES string of the molecule is NC(N)=NCC(O)C[C@@H](N)C(=O)O. The molecule has 0 heterocycles. The molecular weight excluding hydrogens is 176 g/mol. The lowest BCUT2D eigenvalue weighted by Gasteiger charge is -2.10. The van der Waals surface area contributed by atoms with Gasteiger partial charge in [0.1, 0.15) is 6.04 Å². The Bertz CT molecular complexity index is 202. The van der Waals surface area contributed by atoms with E-state index in [0.717, 1.165) is 0 Å². The van der Waals surface area contributed by atoms with Crippen molar-refractivity contribution in [3.63, 3.8) is 0 Å². The number of carboxylic acids is 1. The summed E-state index contributed by atoms with van der Waals surface area (Å²) in [6, 6.07) is -1.09. The van der Waals surface area contributed by atoms with Crippen LogP contribution in [0.3, 0.4) is 0 Å². The number of aliphatic carboxylic acids is 1. The third kappa shape index (κ3) is 5.88. The molecule has 0 saturated heterocycles. The monoisotopic (exact) mass is 190 g/mol. The number of aliphatic hydroxyl groups is 1. The predicted molar refractivity (Wildman–Crippen MR) is 46.9 cm³/mol. The van der Waals surface area contributed by atoms with Crippen LogP contribution in [0.1, 0.15) is 6.42 Å². The van der Waals surface area contributed by atoms with Crippen molar-refractivity contribution in [2.75, 3.05) is 6.54 Å². The molecule has 0 rings (SSSR count). The van der Waals surface area contributed by atoms with Crippen molar-refractivity contribution in [1.29, 1.82) is 0 Å². The van der Waals surface area contributed by atoms with Crippen LogP contribution in [0.4, 0.5) is 0 Å². The fraction of sp³-hybridized carbons (Fsp3) is 0.667. The number of carbonyl (C=O) groups is 1. The van der Waals surface area contributed by atoms with Gasteiger partial charge in [-0.3, -0.25) is 9.79 Å². The van der Waals surface area contributed by atoms with Gasteiger partial charge in [0, 0.05) is 6.42 Å².